The minimum absolute atomic E-state index is 0.00721. The van der Waals surface area contributed by atoms with Crippen LogP contribution in [0.3, 0.4) is 0 Å². The number of hydrogen-bond acceptors (Lipinski definition) is 3. The van der Waals surface area contributed by atoms with Gasteiger partial charge in [0.1, 0.15) is 11.6 Å². The number of carbonyl (C=O) groups excluding carboxylic acids is 1. The Morgan fingerprint density at radius 2 is 2.04 bits per heavy atom. The molecule has 0 bridgehead atoms. The highest BCUT2D eigenvalue weighted by Crippen LogP contribution is 2.48. The summed E-state index contributed by atoms with van der Waals surface area (Å²) in [5, 5.41) is 2.99. The highest BCUT2D eigenvalue weighted by molar-refractivity contribution is 5.82. The van der Waals surface area contributed by atoms with E-state index < -0.39 is 0 Å². The average Bonchev–Trinajstić information content (AvgIpc) is 3.23. The fourth-order valence-corrected chi connectivity index (χ4v) is 3.61. The van der Waals surface area contributed by atoms with E-state index in [1.165, 1.54) is 18.9 Å². The number of benzene rings is 1. The van der Waals surface area contributed by atoms with Crippen LogP contribution in [0.15, 0.2) is 42.6 Å². The Morgan fingerprint density at radius 3 is 2.84 bits per heavy atom. The zero-order valence-electron chi connectivity index (χ0n) is 14.1. The van der Waals surface area contributed by atoms with E-state index in [4.69, 9.17) is 0 Å². The minimum Gasteiger partial charge on any atom is -0.357 e. The molecule has 1 aliphatic heterocycles. The summed E-state index contributed by atoms with van der Waals surface area (Å²) < 4.78 is 13.8. The van der Waals surface area contributed by atoms with Crippen molar-refractivity contribution < 1.29 is 9.18 Å². The van der Waals surface area contributed by atoms with Crippen molar-refractivity contribution in [2.75, 3.05) is 18.0 Å². The Hall–Kier alpha value is -2.43. The van der Waals surface area contributed by atoms with Gasteiger partial charge in [0.2, 0.25) is 5.91 Å². The van der Waals surface area contributed by atoms with Gasteiger partial charge in [0.25, 0.3) is 0 Å². The van der Waals surface area contributed by atoms with Gasteiger partial charge < -0.3 is 10.2 Å². The molecule has 1 aromatic heterocycles. The van der Waals surface area contributed by atoms with Crippen LogP contribution in [0, 0.1) is 11.7 Å². The lowest BCUT2D eigenvalue weighted by Gasteiger charge is -2.17. The Kier molecular flexibility index (Phi) is 4.38. The first-order valence-corrected chi connectivity index (χ1v) is 8.94. The van der Waals surface area contributed by atoms with Gasteiger partial charge in [-0.15, -0.1) is 0 Å². The molecule has 2 heterocycles. The number of aromatic nitrogens is 1. The second-order valence-electron chi connectivity index (χ2n) is 6.90. The van der Waals surface area contributed by atoms with E-state index in [0.717, 1.165) is 30.9 Å². The van der Waals surface area contributed by atoms with Gasteiger partial charge >= 0.3 is 0 Å². The number of anilines is 1. The summed E-state index contributed by atoms with van der Waals surface area (Å²) in [5.74, 6) is 0.676. The molecule has 2 fully saturated rings. The number of nitrogens with one attached hydrogen (secondary N) is 1. The molecule has 2 atom stereocenters. The van der Waals surface area contributed by atoms with Gasteiger partial charge in [0.05, 0.1) is 0 Å². The normalized spacial score (nSPS) is 22.0. The summed E-state index contributed by atoms with van der Waals surface area (Å²) in [6.07, 6.45) is 4.94. The lowest BCUT2D eigenvalue weighted by atomic mass is 10.1. The van der Waals surface area contributed by atoms with E-state index in [1.54, 1.807) is 18.3 Å². The molecule has 1 aliphatic carbocycles. The molecule has 0 spiro atoms. The lowest BCUT2D eigenvalue weighted by Crippen LogP contribution is -2.25. The van der Waals surface area contributed by atoms with E-state index in [-0.39, 0.29) is 23.6 Å². The maximum Gasteiger partial charge on any atom is 0.224 e. The Bertz CT molecular complexity index is 773. The van der Waals surface area contributed by atoms with Crippen LogP contribution in [0.4, 0.5) is 10.2 Å². The number of nitrogens with zero attached hydrogens (tertiary/aromatic N) is 2. The lowest BCUT2D eigenvalue weighted by molar-refractivity contribution is -0.122. The smallest absolute Gasteiger partial charge is 0.224 e. The predicted molar refractivity (Wildman–Crippen MR) is 94.8 cm³/mol. The van der Waals surface area contributed by atoms with E-state index >= 15 is 0 Å². The Morgan fingerprint density at radius 1 is 1.24 bits per heavy atom. The van der Waals surface area contributed by atoms with Crippen LogP contribution in [0.1, 0.15) is 36.3 Å². The maximum atomic E-state index is 13.8. The average molecular weight is 339 g/mol. The first-order chi connectivity index (χ1) is 12.2. The molecule has 4 rings (SSSR count). The fraction of sp³-hybridized carbons (Fsp3) is 0.400. The van der Waals surface area contributed by atoms with Crippen molar-refractivity contribution in [1.29, 1.82) is 0 Å². The molecule has 5 heteroatoms. The van der Waals surface area contributed by atoms with Crippen LogP contribution in [-0.2, 0) is 11.3 Å². The molecule has 1 saturated heterocycles. The van der Waals surface area contributed by atoms with Crippen LogP contribution < -0.4 is 10.2 Å². The van der Waals surface area contributed by atoms with Crippen molar-refractivity contribution in [2.24, 2.45) is 5.92 Å². The fourth-order valence-electron chi connectivity index (χ4n) is 3.61. The second-order valence-corrected chi connectivity index (χ2v) is 6.90. The van der Waals surface area contributed by atoms with Gasteiger partial charge in [0.15, 0.2) is 0 Å². The summed E-state index contributed by atoms with van der Waals surface area (Å²) in [7, 11) is 0. The number of amides is 1. The van der Waals surface area contributed by atoms with E-state index in [2.05, 4.69) is 15.2 Å². The quantitative estimate of drug-likeness (QED) is 0.910. The first-order valence-electron chi connectivity index (χ1n) is 8.94. The summed E-state index contributed by atoms with van der Waals surface area (Å²) in [5.41, 5.74) is 1.70. The zero-order valence-corrected chi connectivity index (χ0v) is 14.1. The third kappa shape index (κ3) is 3.50. The highest BCUT2D eigenvalue weighted by Gasteiger charge is 2.44. The van der Waals surface area contributed by atoms with Crippen molar-refractivity contribution >= 4 is 11.7 Å². The topological polar surface area (TPSA) is 45.2 Å². The first kappa shape index (κ1) is 16.1. The number of halogens is 1. The predicted octanol–water partition coefficient (Wildman–Crippen LogP) is 3.24. The minimum atomic E-state index is -0.216. The molecule has 1 amide bonds. The Labute approximate surface area is 147 Å². The van der Waals surface area contributed by atoms with Gasteiger partial charge in [-0.05, 0) is 54.5 Å². The molecule has 130 valence electrons. The SMILES string of the molecule is O=C(NCc1ccnc(N2CCCC2)c1)C1CC1c1ccccc1F. The van der Waals surface area contributed by atoms with E-state index in [9.17, 15) is 9.18 Å². The monoisotopic (exact) mass is 339 g/mol. The number of pyridine rings is 1. The summed E-state index contributed by atoms with van der Waals surface area (Å²) in [6.45, 7) is 2.59. The van der Waals surface area contributed by atoms with Gasteiger partial charge in [0, 0.05) is 31.7 Å². The molecule has 25 heavy (non-hydrogen) atoms. The highest BCUT2D eigenvalue weighted by atomic mass is 19.1. The van der Waals surface area contributed by atoms with Gasteiger partial charge in [-0.25, -0.2) is 9.37 Å². The molecule has 1 N–H and O–H groups in total. The summed E-state index contributed by atoms with van der Waals surface area (Å²) >= 11 is 0. The van der Waals surface area contributed by atoms with Gasteiger partial charge in [-0.3, -0.25) is 4.79 Å². The molecule has 1 aromatic carbocycles. The largest absolute Gasteiger partial charge is 0.357 e. The molecular weight excluding hydrogens is 317 g/mol. The van der Waals surface area contributed by atoms with Crippen LogP contribution >= 0.6 is 0 Å². The van der Waals surface area contributed by atoms with Crippen molar-refractivity contribution in [3.63, 3.8) is 0 Å². The van der Waals surface area contributed by atoms with Crippen LogP contribution in [0.2, 0.25) is 0 Å². The van der Waals surface area contributed by atoms with Gasteiger partial charge in [-0.2, -0.15) is 0 Å². The molecule has 2 aromatic rings. The van der Waals surface area contributed by atoms with E-state index in [1.807, 2.05) is 18.2 Å². The van der Waals surface area contributed by atoms with Crippen molar-refractivity contribution in [3.05, 3.63) is 59.5 Å². The standard InChI is InChI=1S/C20H22FN3O/c21-18-6-2-1-5-15(18)16-12-17(16)20(25)23-13-14-7-8-22-19(11-14)24-9-3-4-10-24/h1-2,5-8,11,16-17H,3-4,9-10,12-13H2,(H,23,25). The maximum absolute atomic E-state index is 13.8. The molecule has 2 aliphatic rings. The molecule has 4 nitrogen and oxygen atoms in total. The van der Waals surface area contributed by atoms with Crippen molar-refractivity contribution in [1.82, 2.24) is 10.3 Å². The molecule has 2 unspecified atom stereocenters. The van der Waals surface area contributed by atoms with Crippen molar-refractivity contribution in [2.45, 2.75) is 31.7 Å². The van der Waals surface area contributed by atoms with Crippen LogP contribution in [0.5, 0.6) is 0 Å². The second kappa shape index (κ2) is 6.82. The number of carbonyl (C=O) groups is 1. The molecular formula is C20H22FN3O. The van der Waals surface area contributed by atoms with Crippen molar-refractivity contribution in [3.8, 4) is 0 Å². The summed E-state index contributed by atoms with van der Waals surface area (Å²) in [6, 6.07) is 10.7. The molecule has 1 saturated carbocycles. The third-order valence-electron chi connectivity index (χ3n) is 5.14. The van der Waals surface area contributed by atoms with Crippen LogP contribution in [0.25, 0.3) is 0 Å². The zero-order chi connectivity index (χ0) is 17.2. The number of hydrogen-bond donors (Lipinski definition) is 1. The number of rotatable bonds is 5. The van der Waals surface area contributed by atoms with E-state index in [0.29, 0.717) is 12.1 Å². The summed E-state index contributed by atoms with van der Waals surface area (Å²) in [4.78, 5) is 19.1. The Balaban J connectivity index is 1.34. The molecule has 0 radical (unpaired) electrons. The van der Waals surface area contributed by atoms with Crippen LogP contribution in [-0.4, -0.2) is 24.0 Å². The third-order valence-corrected chi connectivity index (χ3v) is 5.14. The van der Waals surface area contributed by atoms with Gasteiger partial charge in [-0.1, -0.05) is 18.2 Å².